The van der Waals surface area contributed by atoms with E-state index >= 15 is 0 Å². The summed E-state index contributed by atoms with van der Waals surface area (Å²) in [5.41, 5.74) is 2.51. The number of esters is 1. The molecule has 0 radical (unpaired) electrons. The molecule has 0 atom stereocenters. The highest BCUT2D eigenvalue weighted by atomic mass is 35.5. The van der Waals surface area contributed by atoms with Gasteiger partial charge in [0.2, 0.25) is 0 Å². The topological polar surface area (TPSA) is 112 Å². The summed E-state index contributed by atoms with van der Waals surface area (Å²) in [6, 6.07) is 11.7. The second-order valence-corrected chi connectivity index (χ2v) is 8.20. The third-order valence-corrected chi connectivity index (χ3v) is 5.48. The molecule has 12 heteroatoms. The standard InChI is InChI=1S/C22H16Cl3N5O4/c1-3-33-21(32)20-27-28-22(34-20)26-19(31)17-11(2)18(12-4-6-13(23)7-5-12)30(29-17)16-9-8-14(24)10-15(16)25/h4-10H,3H2,1-2H3,(H,26,28,31). The van der Waals surface area contributed by atoms with Crippen molar-refractivity contribution in [2.24, 2.45) is 0 Å². The van der Waals surface area contributed by atoms with Gasteiger partial charge in [-0.1, -0.05) is 57.1 Å². The fourth-order valence-corrected chi connectivity index (χ4v) is 3.81. The van der Waals surface area contributed by atoms with Crippen molar-refractivity contribution in [1.82, 2.24) is 20.0 Å². The number of hydrogen-bond donors (Lipinski definition) is 1. The molecule has 0 saturated heterocycles. The van der Waals surface area contributed by atoms with Gasteiger partial charge in [0.05, 0.1) is 23.0 Å². The van der Waals surface area contributed by atoms with Gasteiger partial charge in [-0.05, 0) is 44.2 Å². The number of nitrogens with one attached hydrogen (secondary N) is 1. The summed E-state index contributed by atoms with van der Waals surface area (Å²) in [7, 11) is 0. The van der Waals surface area contributed by atoms with Gasteiger partial charge in [-0.15, -0.1) is 0 Å². The molecule has 1 N–H and O–H groups in total. The molecule has 1 amide bonds. The predicted molar refractivity (Wildman–Crippen MR) is 127 cm³/mol. The molecule has 0 fully saturated rings. The van der Waals surface area contributed by atoms with E-state index in [0.717, 1.165) is 5.56 Å². The first-order valence-electron chi connectivity index (χ1n) is 9.91. The molecule has 0 unspecified atom stereocenters. The number of amides is 1. The Balaban J connectivity index is 1.75. The van der Waals surface area contributed by atoms with Gasteiger partial charge in [0.25, 0.3) is 5.91 Å². The van der Waals surface area contributed by atoms with Gasteiger partial charge in [-0.25, -0.2) is 9.48 Å². The minimum absolute atomic E-state index is 0.0758. The number of carbonyl (C=O) groups is 2. The van der Waals surface area contributed by atoms with Crippen molar-refractivity contribution in [2.75, 3.05) is 11.9 Å². The van der Waals surface area contributed by atoms with E-state index in [-0.39, 0.29) is 24.2 Å². The molecule has 34 heavy (non-hydrogen) atoms. The van der Waals surface area contributed by atoms with Crippen molar-refractivity contribution in [3.05, 3.63) is 74.7 Å². The average Bonchev–Trinajstić information content (AvgIpc) is 3.39. The average molecular weight is 521 g/mol. The van der Waals surface area contributed by atoms with Crippen LogP contribution in [0.1, 0.15) is 33.7 Å². The second kappa shape index (κ2) is 9.84. The van der Waals surface area contributed by atoms with Crippen LogP contribution in [-0.4, -0.2) is 38.5 Å². The van der Waals surface area contributed by atoms with E-state index in [1.807, 2.05) is 0 Å². The van der Waals surface area contributed by atoms with E-state index < -0.39 is 11.9 Å². The van der Waals surface area contributed by atoms with Crippen molar-refractivity contribution in [1.29, 1.82) is 0 Å². The molecule has 174 valence electrons. The van der Waals surface area contributed by atoms with Gasteiger partial charge in [-0.3, -0.25) is 10.1 Å². The fraction of sp³-hybridized carbons (Fsp3) is 0.136. The summed E-state index contributed by atoms with van der Waals surface area (Å²) >= 11 is 18.5. The van der Waals surface area contributed by atoms with E-state index in [2.05, 4.69) is 20.6 Å². The molecule has 0 aliphatic heterocycles. The Kier molecular flexibility index (Phi) is 6.87. The number of anilines is 1. The zero-order valence-electron chi connectivity index (χ0n) is 17.8. The van der Waals surface area contributed by atoms with E-state index in [9.17, 15) is 9.59 Å². The molecular formula is C22H16Cl3N5O4. The second-order valence-electron chi connectivity index (χ2n) is 6.92. The number of hydrogen-bond acceptors (Lipinski definition) is 7. The highest BCUT2D eigenvalue weighted by molar-refractivity contribution is 6.35. The summed E-state index contributed by atoms with van der Waals surface area (Å²) in [4.78, 5) is 24.8. The molecule has 2 aromatic carbocycles. The summed E-state index contributed by atoms with van der Waals surface area (Å²) in [6.45, 7) is 3.52. The van der Waals surface area contributed by atoms with Crippen LogP contribution < -0.4 is 5.32 Å². The van der Waals surface area contributed by atoms with Crippen LogP contribution in [-0.2, 0) is 4.74 Å². The lowest BCUT2D eigenvalue weighted by atomic mass is 10.1. The smallest absolute Gasteiger partial charge is 0.396 e. The Morgan fingerprint density at radius 3 is 2.44 bits per heavy atom. The van der Waals surface area contributed by atoms with E-state index in [0.29, 0.717) is 32.0 Å². The first kappa shape index (κ1) is 23.7. The van der Waals surface area contributed by atoms with Gasteiger partial charge in [0, 0.05) is 21.2 Å². The number of ether oxygens (including phenoxy) is 1. The molecule has 4 rings (SSSR count). The molecule has 0 saturated carbocycles. The molecule has 9 nitrogen and oxygen atoms in total. The fourth-order valence-electron chi connectivity index (χ4n) is 3.19. The first-order valence-corrected chi connectivity index (χ1v) is 11.0. The highest BCUT2D eigenvalue weighted by Gasteiger charge is 2.25. The van der Waals surface area contributed by atoms with Gasteiger partial charge < -0.3 is 9.15 Å². The van der Waals surface area contributed by atoms with Crippen LogP contribution in [0.3, 0.4) is 0 Å². The minimum Gasteiger partial charge on any atom is -0.459 e. The first-order chi connectivity index (χ1) is 16.3. The molecule has 0 aliphatic carbocycles. The number of benzene rings is 2. The molecule has 0 aliphatic rings. The lowest BCUT2D eigenvalue weighted by Crippen LogP contribution is -2.14. The molecule has 2 aromatic heterocycles. The van der Waals surface area contributed by atoms with Gasteiger partial charge >= 0.3 is 17.9 Å². The van der Waals surface area contributed by atoms with Crippen molar-refractivity contribution >= 4 is 52.7 Å². The van der Waals surface area contributed by atoms with E-state index in [4.69, 9.17) is 44.0 Å². The summed E-state index contributed by atoms with van der Waals surface area (Å²) in [6.07, 6.45) is 0. The summed E-state index contributed by atoms with van der Waals surface area (Å²) in [5, 5.41) is 15.5. The Morgan fingerprint density at radius 1 is 1.06 bits per heavy atom. The zero-order chi connectivity index (χ0) is 24.4. The number of nitrogens with zero attached hydrogens (tertiary/aromatic N) is 4. The molecule has 0 spiro atoms. The normalized spacial score (nSPS) is 10.9. The zero-order valence-corrected chi connectivity index (χ0v) is 20.1. The van der Waals surface area contributed by atoms with Gasteiger partial charge in [0.1, 0.15) is 0 Å². The van der Waals surface area contributed by atoms with Crippen molar-refractivity contribution in [3.8, 4) is 16.9 Å². The van der Waals surface area contributed by atoms with Gasteiger partial charge in [0.15, 0.2) is 5.69 Å². The van der Waals surface area contributed by atoms with Crippen LogP contribution in [0.2, 0.25) is 15.1 Å². The number of halogens is 3. The maximum Gasteiger partial charge on any atom is 0.396 e. The number of carbonyl (C=O) groups excluding carboxylic acids is 2. The lowest BCUT2D eigenvalue weighted by molar-refractivity contribution is 0.0481. The van der Waals surface area contributed by atoms with Crippen LogP contribution in [0.25, 0.3) is 16.9 Å². The Morgan fingerprint density at radius 2 is 1.76 bits per heavy atom. The van der Waals surface area contributed by atoms with E-state index in [1.54, 1.807) is 61.0 Å². The highest BCUT2D eigenvalue weighted by Crippen LogP contribution is 2.33. The van der Waals surface area contributed by atoms with Crippen molar-refractivity contribution in [3.63, 3.8) is 0 Å². The quantitative estimate of drug-likeness (QED) is 0.328. The SMILES string of the molecule is CCOC(=O)c1nnc(NC(=O)c2nn(-c3ccc(Cl)cc3Cl)c(-c3ccc(Cl)cc3)c2C)o1. The summed E-state index contributed by atoms with van der Waals surface area (Å²) in [5.74, 6) is -1.80. The largest absolute Gasteiger partial charge is 0.459 e. The molecular weight excluding hydrogens is 505 g/mol. The Bertz CT molecular complexity index is 1380. The van der Waals surface area contributed by atoms with Gasteiger partial charge in [-0.2, -0.15) is 5.10 Å². The van der Waals surface area contributed by atoms with Crippen LogP contribution in [0.5, 0.6) is 0 Å². The molecule has 4 aromatic rings. The monoisotopic (exact) mass is 519 g/mol. The van der Waals surface area contributed by atoms with Crippen LogP contribution >= 0.6 is 34.8 Å². The Hall–Kier alpha value is -3.40. The lowest BCUT2D eigenvalue weighted by Gasteiger charge is -2.11. The number of aromatic nitrogens is 4. The van der Waals surface area contributed by atoms with Crippen LogP contribution in [0.15, 0.2) is 46.9 Å². The third kappa shape index (κ3) is 4.77. The summed E-state index contributed by atoms with van der Waals surface area (Å²) < 4.78 is 11.5. The maximum absolute atomic E-state index is 13.1. The Labute approximate surface area is 208 Å². The molecule has 2 heterocycles. The maximum atomic E-state index is 13.1. The molecule has 0 bridgehead atoms. The van der Waals surface area contributed by atoms with Crippen molar-refractivity contribution < 1.29 is 18.7 Å². The third-order valence-electron chi connectivity index (χ3n) is 4.69. The number of rotatable bonds is 6. The minimum atomic E-state index is -0.793. The van der Waals surface area contributed by atoms with Crippen LogP contribution in [0.4, 0.5) is 6.01 Å². The van der Waals surface area contributed by atoms with E-state index in [1.165, 1.54) is 0 Å². The van der Waals surface area contributed by atoms with Crippen molar-refractivity contribution in [2.45, 2.75) is 13.8 Å². The van der Waals surface area contributed by atoms with Crippen LogP contribution in [0, 0.1) is 6.92 Å². The predicted octanol–water partition coefficient (Wildman–Crippen LogP) is 5.62.